The van der Waals surface area contributed by atoms with Crippen molar-refractivity contribution in [3.63, 3.8) is 0 Å². The Morgan fingerprint density at radius 2 is 1.79 bits per heavy atom. The van der Waals surface area contributed by atoms with Crippen LogP contribution in [0.5, 0.6) is 0 Å². The Morgan fingerprint density at radius 1 is 0.974 bits per heavy atom. The number of piperidine rings is 1. The Kier molecular flexibility index (Phi) is 7.47. The van der Waals surface area contributed by atoms with Crippen LogP contribution in [0.15, 0.2) is 73.3 Å². The topological polar surface area (TPSA) is 107 Å². The summed E-state index contributed by atoms with van der Waals surface area (Å²) in [6.07, 6.45) is 10.9. The van der Waals surface area contributed by atoms with Gasteiger partial charge in [0.2, 0.25) is 5.95 Å². The van der Waals surface area contributed by atoms with E-state index in [9.17, 15) is 5.26 Å². The lowest BCUT2D eigenvalue weighted by Crippen LogP contribution is -2.34. The molecular weight excluding hydrogens is 486 g/mol. The summed E-state index contributed by atoms with van der Waals surface area (Å²) in [7, 11) is 0. The first-order valence-corrected chi connectivity index (χ1v) is 13.6. The van der Waals surface area contributed by atoms with Crippen LogP contribution >= 0.6 is 0 Å². The van der Waals surface area contributed by atoms with Crippen molar-refractivity contribution in [2.24, 2.45) is 0 Å². The van der Waals surface area contributed by atoms with Gasteiger partial charge in [0.15, 0.2) is 0 Å². The van der Waals surface area contributed by atoms with Gasteiger partial charge in [0.25, 0.3) is 0 Å². The fraction of sp³-hybridized carbons (Fsp3) is 0.333. The predicted octanol–water partition coefficient (Wildman–Crippen LogP) is 4.57. The molecule has 2 aromatic carbocycles. The highest BCUT2D eigenvalue weighted by molar-refractivity contribution is 5.68. The van der Waals surface area contributed by atoms with Crippen LogP contribution in [-0.4, -0.2) is 56.9 Å². The fourth-order valence-corrected chi connectivity index (χ4v) is 5.38. The van der Waals surface area contributed by atoms with Crippen molar-refractivity contribution in [3.8, 4) is 17.2 Å². The van der Waals surface area contributed by atoms with Crippen LogP contribution in [0.3, 0.4) is 0 Å². The van der Waals surface area contributed by atoms with Crippen molar-refractivity contribution in [2.75, 3.05) is 36.8 Å². The van der Waals surface area contributed by atoms with Crippen LogP contribution in [0.2, 0.25) is 0 Å². The number of anilines is 3. The highest BCUT2D eigenvalue weighted by Crippen LogP contribution is 2.27. The standard InChI is InChI=1S/C30H33N9/c31-15-23-6-7-26(14-29(23)36-27-8-11-32-19-27)37-30-33-16-24(17-34-30)25-18-35-39(21-25)28-9-12-38(13-10-28)20-22-4-2-1-3-5-22/h1-7,14,16-18,21,27-28,32,36H,8-13,19-20H2,(H,33,34,37)/t27-/m1/s1. The zero-order valence-corrected chi connectivity index (χ0v) is 21.9. The average Bonchev–Trinajstić information content (AvgIpc) is 3.68. The molecule has 9 heteroatoms. The van der Waals surface area contributed by atoms with Gasteiger partial charge in [-0.25, -0.2) is 9.97 Å². The quantitative estimate of drug-likeness (QED) is 0.311. The number of likely N-dealkylation sites (tertiary alicyclic amines) is 1. The first kappa shape index (κ1) is 25.0. The minimum atomic E-state index is 0.325. The third-order valence-electron chi connectivity index (χ3n) is 7.58. The van der Waals surface area contributed by atoms with Gasteiger partial charge in [-0.05, 0) is 49.6 Å². The number of hydrogen-bond donors (Lipinski definition) is 3. The number of hydrogen-bond acceptors (Lipinski definition) is 8. The van der Waals surface area contributed by atoms with Crippen LogP contribution < -0.4 is 16.0 Å². The Labute approximate surface area is 228 Å². The molecule has 0 aliphatic carbocycles. The van der Waals surface area contributed by atoms with Gasteiger partial charge in [-0.15, -0.1) is 0 Å². The molecule has 3 N–H and O–H groups in total. The molecule has 39 heavy (non-hydrogen) atoms. The zero-order chi connectivity index (χ0) is 26.4. The van der Waals surface area contributed by atoms with E-state index in [1.165, 1.54) is 5.56 Å². The van der Waals surface area contributed by atoms with E-state index in [1.54, 1.807) is 0 Å². The summed E-state index contributed by atoms with van der Waals surface area (Å²) in [6.45, 7) is 5.04. The van der Waals surface area contributed by atoms with Gasteiger partial charge < -0.3 is 16.0 Å². The third kappa shape index (κ3) is 6.08. The van der Waals surface area contributed by atoms with E-state index in [1.807, 2.05) is 36.8 Å². The fourth-order valence-electron chi connectivity index (χ4n) is 5.38. The molecule has 2 saturated heterocycles. The molecule has 0 unspecified atom stereocenters. The number of benzene rings is 2. The summed E-state index contributed by atoms with van der Waals surface area (Å²) in [5.41, 5.74) is 5.61. The van der Waals surface area contributed by atoms with E-state index in [2.05, 4.69) is 83.2 Å². The van der Waals surface area contributed by atoms with E-state index < -0.39 is 0 Å². The molecule has 9 nitrogen and oxygen atoms in total. The maximum atomic E-state index is 9.50. The summed E-state index contributed by atoms with van der Waals surface area (Å²) in [5, 5.41) is 24.3. The monoisotopic (exact) mass is 519 g/mol. The molecule has 2 aromatic heterocycles. The minimum absolute atomic E-state index is 0.325. The van der Waals surface area contributed by atoms with Crippen LogP contribution in [-0.2, 0) is 6.54 Å². The van der Waals surface area contributed by atoms with E-state index >= 15 is 0 Å². The van der Waals surface area contributed by atoms with Crippen molar-refractivity contribution in [1.29, 1.82) is 5.26 Å². The van der Waals surface area contributed by atoms with E-state index in [0.717, 1.165) is 74.5 Å². The molecule has 0 radical (unpaired) electrons. The predicted molar refractivity (Wildman–Crippen MR) is 153 cm³/mol. The second kappa shape index (κ2) is 11.6. The summed E-state index contributed by atoms with van der Waals surface area (Å²) in [6, 6.07) is 19.3. The largest absolute Gasteiger partial charge is 0.380 e. The lowest BCUT2D eigenvalue weighted by molar-refractivity contribution is 0.173. The number of nitriles is 1. The maximum Gasteiger partial charge on any atom is 0.227 e. The smallest absolute Gasteiger partial charge is 0.227 e. The lowest BCUT2D eigenvalue weighted by atomic mass is 10.0. The second-order valence-corrected chi connectivity index (χ2v) is 10.3. The van der Waals surface area contributed by atoms with Crippen molar-refractivity contribution < 1.29 is 0 Å². The normalized spacial score (nSPS) is 18.1. The molecule has 1 atom stereocenters. The molecule has 4 heterocycles. The summed E-state index contributed by atoms with van der Waals surface area (Å²) in [5.74, 6) is 0.509. The van der Waals surface area contributed by atoms with Crippen molar-refractivity contribution in [2.45, 2.75) is 37.9 Å². The molecule has 2 aliphatic rings. The summed E-state index contributed by atoms with van der Waals surface area (Å²) in [4.78, 5) is 11.6. The molecule has 2 fully saturated rings. The van der Waals surface area contributed by atoms with Crippen molar-refractivity contribution in [3.05, 3.63) is 84.4 Å². The Balaban J connectivity index is 1.06. The Bertz CT molecular complexity index is 1410. The van der Waals surface area contributed by atoms with Gasteiger partial charge in [0, 0.05) is 67.6 Å². The van der Waals surface area contributed by atoms with Gasteiger partial charge in [-0.3, -0.25) is 9.58 Å². The minimum Gasteiger partial charge on any atom is -0.380 e. The van der Waals surface area contributed by atoms with Gasteiger partial charge >= 0.3 is 0 Å². The molecule has 198 valence electrons. The Morgan fingerprint density at radius 3 is 2.54 bits per heavy atom. The first-order valence-electron chi connectivity index (χ1n) is 13.6. The van der Waals surface area contributed by atoms with Crippen LogP contribution in [0.4, 0.5) is 17.3 Å². The summed E-state index contributed by atoms with van der Waals surface area (Å²) >= 11 is 0. The highest BCUT2D eigenvalue weighted by atomic mass is 15.3. The molecule has 0 amide bonds. The molecule has 0 bridgehead atoms. The SMILES string of the molecule is N#Cc1ccc(Nc2ncc(-c3cnn(C4CCN(Cc5ccccc5)CC4)c3)cn2)cc1N[C@@H]1CCNC1. The molecule has 0 spiro atoms. The van der Waals surface area contributed by atoms with E-state index in [-0.39, 0.29) is 0 Å². The number of nitrogens with zero attached hydrogens (tertiary/aromatic N) is 6. The number of aromatic nitrogens is 4. The number of nitrogens with one attached hydrogen (secondary N) is 3. The Hall–Kier alpha value is -4.26. The number of rotatable bonds is 8. The van der Waals surface area contributed by atoms with Crippen molar-refractivity contribution >= 4 is 17.3 Å². The summed E-state index contributed by atoms with van der Waals surface area (Å²) < 4.78 is 2.10. The van der Waals surface area contributed by atoms with Gasteiger partial charge in [-0.1, -0.05) is 30.3 Å². The molecular formula is C30H33N9. The molecule has 4 aromatic rings. The zero-order valence-electron chi connectivity index (χ0n) is 21.9. The van der Waals surface area contributed by atoms with Gasteiger partial charge in [0.05, 0.1) is 23.5 Å². The second-order valence-electron chi connectivity index (χ2n) is 10.3. The van der Waals surface area contributed by atoms with Crippen LogP contribution in [0, 0.1) is 11.3 Å². The lowest BCUT2D eigenvalue weighted by Gasteiger charge is -2.32. The average molecular weight is 520 g/mol. The maximum absolute atomic E-state index is 9.50. The molecule has 0 saturated carbocycles. The van der Waals surface area contributed by atoms with Crippen molar-refractivity contribution in [1.82, 2.24) is 30.0 Å². The van der Waals surface area contributed by atoms with Gasteiger partial charge in [-0.2, -0.15) is 10.4 Å². The van der Waals surface area contributed by atoms with E-state index in [4.69, 9.17) is 0 Å². The highest BCUT2D eigenvalue weighted by Gasteiger charge is 2.21. The molecule has 6 rings (SSSR count). The first-order chi connectivity index (χ1) is 19.2. The van der Waals surface area contributed by atoms with Crippen LogP contribution in [0.1, 0.15) is 36.4 Å². The van der Waals surface area contributed by atoms with E-state index in [0.29, 0.717) is 23.6 Å². The van der Waals surface area contributed by atoms with Crippen LogP contribution in [0.25, 0.3) is 11.1 Å². The third-order valence-corrected chi connectivity index (χ3v) is 7.58. The molecule has 2 aliphatic heterocycles. The van der Waals surface area contributed by atoms with Gasteiger partial charge in [0.1, 0.15) is 6.07 Å².